The molecule has 0 rings (SSSR count). The lowest BCUT2D eigenvalue weighted by atomic mass is 10.0. The van der Waals surface area contributed by atoms with Crippen molar-refractivity contribution in [2.45, 2.75) is 309 Å². The zero-order chi connectivity index (χ0) is 57.1. The van der Waals surface area contributed by atoms with Crippen LogP contribution < -0.4 is 0 Å². The van der Waals surface area contributed by atoms with Crippen molar-refractivity contribution in [3.05, 3.63) is 122 Å². The summed E-state index contributed by atoms with van der Waals surface area (Å²) in [6.07, 6.45) is 92.2. The lowest BCUT2D eigenvalue weighted by molar-refractivity contribution is -0.167. The maximum absolute atomic E-state index is 12.9. The van der Waals surface area contributed by atoms with Crippen LogP contribution in [0.25, 0.3) is 0 Å². The largest absolute Gasteiger partial charge is 0.462 e. The first-order valence-electron chi connectivity index (χ1n) is 33.0. The molecular weight excluding hydrogens is 973 g/mol. The van der Waals surface area contributed by atoms with E-state index in [9.17, 15) is 14.4 Å². The molecule has 0 N–H and O–H groups in total. The highest BCUT2D eigenvalue weighted by atomic mass is 16.6. The normalized spacial score (nSPS) is 12.9. The number of carbonyl (C=O) groups excluding carboxylic acids is 3. The van der Waals surface area contributed by atoms with Gasteiger partial charge in [-0.15, -0.1) is 0 Å². The number of hydrogen-bond acceptors (Lipinski definition) is 6. The fourth-order valence-corrected chi connectivity index (χ4v) is 9.04. The van der Waals surface area contributed by atoms with Crippen LogP contribution in [0.1, 0.15) is 303 Å². The Kier molecular flexibility index (Phi) is 62.8. The van der Waals surface area contributed by atoms with Crippen molar-refractivity contribution >= 4 is 17.9 Å². The fraction of sp³-hybridized carbons (Fsp3) is 0.685. The Morgan fingerprint density at radius 3 is 0.797 bits per heavy atom. The zero-order valence-corrected chi connectivity index (χ0v) is 51.6. The minimum Gasteiger partial charge on any atom is -0.462 e. The van der Waals surface area contributed by atoms with Gasteiger partial charge in [-0.05, 0) is 128 Å². The van der Waals surface area contributed by atoms with Gasteiger partial charge >= 0.3 is 17.9 Å². The van der Waals surface area contributed by atoms with Gasteiger partial charge in [0.2, 0.25) is 0 Å². The number of hydrogen-bond donors (Lipinski definition) is 0. The number of unbranched alkanes of at least 4 members (excludes halogenated alkanes) is 28. The van der Waals surface area contributed by atoms with E-state index in [0.717, 1.165) is 122 Å². The van der Waals surface area contributed by atoms with Crippen LogP contribution in [0.5, 0.6) is 0 Å². The Morgan fingerprint density at radius 2 is 0.494 bits per heavy atom. The molecule has 0 aromatic heterocycles. The van der Waals surface area contributed by atoms with Gasteiger partial charge in [0, 0.05) is 19.3 Å². The van der Waals surface area contributed by atoms with Crippen LogP contribution in [0, 0.1) is 0 Å². The number of carbonyl (C=O) groups is 3. The monoisotopic (exact) mass is 1090 g/mol. The van der Waals surface area contributed by atoms with Crippen molar-refractivity contribution in [3.63, 3.8) is 0 Å². The molecule has 0 aromatic rings. The van der Waals surface area contributed by atoms with Crippen molar-refractivity contribution in [1.82, 2.24) is 0 Å². The zero-order valence-electron chi connectivity index (χ0n) is 51.6. The summed E-state index contributed by atoms with van der Waals surface area (Å²) < 4.78 is 16.9. The van der Waals surface area contributed by atoms with E-state index in [2.05, 4.69) is 142 Å². The van der Waals surface area contributed by atoms with E-state index < -0.39 is 6.10 Å². The molecule has 0 saturated heterocycles. The van der Waals surface area contributed by atoms with Crippen molar-refractivity contribution in [2.75, 3.05) is 13.2 Å². The number of ether oxygens (including phenoxy) is 3. The summed E-state index contributed by atoms with van der Waals surface area (Å²) in [7, 11) is 0. The molecule has 450 valence electrons. The fourth-order valence-electron chi connectivity index (χ4n) is 9.04. The van der Waals surface area contributed by atoms with Crippen LogP contribution in [-0.4, -0.2) is 37.2 Å². The molecule has 79 heavy (non-hydrogen) atoms. The number of allylic oxidation sites excluding steroid dienone is 20. The molecule has 0 aliphatic carbocycles. The number of rotatable bonds is 59. The van der Waals surface area contributed by atoms with Crippen molar-refractivity contribution in [2.24, 2.45) is 0 Å². The van der Waals surface area contributed by atoms with Gasteiger partial charge in [0.1, 0.15) is 13.2 Å². The molecule has 6 nitrogen and oxygen atoms in total. The molecule has 0 radical (unpaired) electrons. The van der Waals surface area contributed by atoms with Crippen LogP contribution >= 0.6 is 0 Å². The van der Waals surface area contributed by atoms with Gasteiger partial charge in [0.25, 0.3) is 0 Å². The topological polar surface area (TPSA) is 78.9 Å². The summed E-state index contributed by atoms with van der Waals surface area (Å²) in [5, 5.41) is 0. The molecule has 1 atom stereocenters. The molecule has 0 heterocycles. The number of esters is 3. The highest BCUT2D eigenvalue weighted by Gasteiger charge is 2.19. The summed E-state index contributed by atoms with van der Waals surface area (Å²) in [5.41, 5.74) is 0. The summed E-state index contributed by atoms with van der Waals surface area (Å²) >= 11 is 0. The molecule has 1 unspecified atom stereocenters. The summed E-state index contributed by atoms with van der Waals surface area (Å²) in [6, 6.07) is 0. The molecule has 0 spiro atoms. The standard InChI is InChI=1S/C73H122O6/c1-4-7-10-13-16-19-22-25-28-30-31-32-33-34-35-36-37-38-39-40-41-43-45-48-51-54-57-60-63-66-72(75)78-69-70(68-77-71(74)65-62-59-56-53-50-47-44-27-24-21-18-15-12-9-6-3)79-73(76)67-64-61-58-55-52-49-46-42-29-26-23-20-17-14-11-8-5-2/h8-9,11-12,17-18,20-22,25-27,29-31,33-34,44,50,53,70H,4-7,10,13-16,19,23-24,28,32,35-43,45-49,51-52,54-69H2,1-3H3/b11-8-,12-9-,20-17-,21-18-,25-22-,29-26-,31-30-,34-33-,44-27-,53-50-. The van der Waals surface area contributed by atoms with Crippen LogP contribution in [-0.2, 0) is 28.6 Å². The van der Waals surface area contributed by atoms with E-state index in [1.165, 1.54) is 141 Å². The Balaban J connectivity index is 4.32. The second-order valence-electron chi connectivity index (χ2n) is 21.6. The predicted molar refractivity (Wildman–Crippen MR) is 343 cm³/mol. The maximum Gasteiger partial charge on any atom is 0.306 e. The lowest BCUT2D eigenvalue weighted by Gasteiger charge is -2.18. The Bertz CT molecular complexity index is 1640. The third kappa shape index (κ3) is 64.5. The first-order chi connectivity index (χ1) is 39.0. The van der Waals surface area contributed by atoms with Crippen molar-refractivity contribution in [1.29, 1.82) is 0 Å². The summed E-state index contributed by atoms with van der Waals surface area (Å²) in [4.78, 5) is 38.3. The summed E-state index contributed by atoms with van der Waals surface area (Å²) in [5.74, 6) is -0.946. The highest BCUT2D eigenvalue weighted by Crippen LogP contribution is 2.16. The van der Waals surface area contributed by atoms with E-state index >= 15 is 0 Å². The van der Waals surface area contributed by atoms with E-state index in [-0.39, 0.29) is 31.1 Å². The average molecular weight is 1100 g/mol. The van der Waals surface area contributed by atoms with E-state index in [1.807, 2.05) is 0 Å². The quantitative estimate of drug-likeness (QED) is 0.0261. The molecule has 0 saturated carbocycles. The van der Waals surface area contributed by atoms with Crippen LogP contribution in [0.4, 0.5) is 0 Å². The van der Waals surface area contributed by atoms with Crippen LogP contribution in [0.2, 0.25) is 0 Å². The smallest absolute Gasteiger partial charge is 0.306 e. The highest BCUT2D eigenvalue weighted by molar-refractivity contribution is 5.71. The first kappa shape index (κ1) is 74.8. The third-order valence-corrected chi connectivity index (χ3v) is 13.9. The van der Waals surface area contributed by atoms with E-state index in [1.54, 1.807) is 0 Å². The Morgan fingerprint density at radius 1 is 0.266 bits per heavy atom. The van der Waals surface area contributed by atoms with E-state index in [4.69, 9.17) is 14.2 Å². The Hall–Kier alpha value is -4.19. The van der Waals surface area contributed by atoms with Crippen LogP contribution in [0.3, 0.4) is 0 Å². The molecule has 0 amide bonds. The SMILES string of the molecule is CC/C=C\C/C=C\C/C=C\C/C=C\CCCCC(=O)OCC(COC(=O)CCCCCCCCCCCCCCCC/C=C\C/C=C\C/C=C\CCCCCCC)OC(=O)CCCCCCCCC/C=C\C/C=C\C/C=C\CC. The molecule has 0 bridgehead atoms. The first-order valence-corrected chi connectivity index (χ1v) is 33.0. The van der Waals surface area contributed by atoms with Gasteiger partial charge in [-0.1, -0.05) is 277 Å². The molecule has 0 aromatic carbocycles. The van der Waals surface area contributed by atoms with Crippen molar-refractivity contribution < 1.29 is 28.6 Å². The minimum absolute atomic E-state index is 0.0971. The Labute approximate surface area is 488 Å². The van der Waals surface area contributed by atoms with Gasteiger partial charge in [-0.2, -0.15) is 0 Å². The molecule has 0 aliphatic rings. The third-order valence-electron chi connectivity index (χ3n) is 13.9. The second-order valence-corrected chi connectivity index (χ2v) is 21.6. The van der Waals surface area contributed by atoms with Gasteiger partial charge < -0.3 is 14.2 Å². The van der Waals surface area contributed by atoms with Gasteiger partial charge in [0.15, 0.2) is 6.10 Å². The predicted octanol–water partition coefficient (Wildman–Crippen LogP) is 22.8. The van der Waals surface area contributed by atoms with Gasteiger partial charge in [0.05, 0.1) is 0 Å². The average Bonchev–Trinajstić information content (AvgIpc) is 3.45. The molecule has 6 heteroatoms. The maximum atomic E-state index is 12.9. The minimum atomic E-state index is -0.805. The van der Waals surface area contributed by atoms with Crippen LogP contribution in [0.15, 0.2) is 122 Å². The summed E-state index contributed by atoms with van der Waals surface area (Å²) in [6.45, 7) is 6.38. The van der Waals surface area contributed by atoms with Crippen molar-refractivity contribution in [3.8, 4) is 0 Å². The van der Waals surface area contributed by atoms with Gasteiger partial charge in [-0.25, -0.2) is 0 Å². The molecule has 0 fully saturated rings. The van der Waals surface area contributed by atoms with E-state index in [0.29, 0.717) is 19.3 Å². The molecule has 0 aliphatic heterocycles. The van der Waals surface area contributed by atoms with Gasteiger partial charge in [-0.3, -0.25) is 14.4 Å². The lowest BCUT2D eigenvalue weighted by Crippen LogP contribution is -2.30. The second kappa shape index (κ2) is 66.3. The molecular formula is C73H122O6.